The predicted molar refractivity (Wildman–Crippen MR) is 130 cm³/mol. The molecule has 0 radical (unpaired) electrons. The van der Waals surface area contributed by atoms with Crippen LogP contribution in [0.4, 0.5) is 20.3 Å². The van der Waals surface area contributed by atoms with Gasteiger partial charge in [-0.1, -0.05) is 17.4 Å². The van der Waals surface area contributed by atoms with Crippen molar-refractivity contribution in [3.63, 3.8) is 0 Å². The summed E-state index contributed by atoms with van der Waals surface area (Å²) in [6.07, 6.45) is 5.53. The molecule has 0 bridgehead atoms. The first-order chi connectivity index (χ1) is 17.3. The second kappa shape index (κ2) is 10.6. The first-order valence-corrected chi connectivity index (χ1v) is 11.4. The van der Waals surface area contributed by atoms with Crippen LogP contribution in [0.5, 0.6) is 0 Å². The van der Waals surface area contributed by atoms with Crippen molar-refractivity contribution < 1.29 is 18.4 Å². The number of pyridine rings is 1. The van der Waals surface area contributed by atoms with Crippen LogP contribution in [-0.4, -0.2) is 58.1 Å². The number of anilines is 1. The third-order valence-corrected chi connectivity index (χ3v) is 6.30. The molecule has 3 heterocycles. The van der Waals surface area contributed by atoms with Crippen molar-refractivity contribution in [3.8, 4) is 0 Å². The lowest BCUT2D eigenvalue weighted by Crippen LogP contribution is -2.48. The highest BCUT2D eigenvalue weighted by Crippen LogP contribution is 2.28. The van der Waals surface area contributed by atoms with Gasteiger partial charge in [0.2, 0.25) is 11.8 Å². The van der Waals surface area contributed by atoms with Crippen molar-refractivity contribution in [2.24, 2.45) is 21.2 Å². The van der Waals surface area contributed by atoms with Gasteiger partial charge < -0.3 is 21.4 Å². The lowest BCUT2D eigenvalue weighted by Gasteiger charge is -2.32. The zero-order chi connectivity index (χ0) is 25.8. The molecule has 4 rings (SSSR count). The van der Waals surface area contributed by atoms with E-state index in [9.17, 15) is 18.4 Å². The number of carbonyl (C=O) groups excluding carboxylic acids is 2. The zero-order valence-electron chi connectivity index (χ0n) is 19.7. The van der Waals surface area contributed by atoms with Gasteiger partial charge in [-0.05, 0) is 48.6 Å². The number of aliphatic imine (C=N–C) groups is 1. The Morgan fingerprint density at radius 3 is 2.72 bits per heavy atom. The van der Waals surface area contributed by atoms with Crippen LogP contribution in [0.25, 0.3) is 5.57 Å². The average Bonchev–Trinajstić information content (AvgIpc) is 3.37. The molecule has 2 aliphatic rings. The smallest absolute Gasteiger partial charge is 0.245 e. The molecule has 36 heavy (non-hydrogen) atoms. The molecule has 2 amide bonds. The van der Waals surface area contributed by atoms with E-state index >= 15 is 0 Å². The van der Waals surface area contributed by atoms with Crippen molar-refractivity contribution in [2.45, 2.75) is 32.2 Å². The number of hydrogen-bond donors (Lipinski definition) is 2. The molecule has 1 fully saturated rings. The minimum absolute atomic E-state index is 0.0518. The number of nitrogen functional groups attached to an aromatic ring is 1. The maximum absolute atomic E-state index is 14.2. The van der Waals surface area contributed by atoms with Gasteiger partial charge in [0.15, 0.2) is 17.5 Å². The van der Waals surface area contributed by atoms with Gasteiger partial charge in [0, 0.05) is 32.8 Å². The molecule has 0 saturated carbocycles. The lowest BCUT2D eigenvalue weighted by atomic mass is 9.98. The minimum atomic E-state index is -1.14. The second-order valence-electron chi connectivity index (χ2n) is 8.51. The van der Waals surface area contributed by atoms with Gasteiger partial charge in [0.1, 0.15) is 17.5 Å². The Morgan fingerprint density at radius 1 is 1.22 bits per heavy atom. The Hall–Kier alpha value is -4.22. The van der Waals surface area contributed by atoms with Gasteiger partial charge in [0.25, 0.3) is 0 Å². The highest BCUT2D eigenvalue weighted by molar-refractivity contribution is 6.04. The number of halogens is 2. The number of nitrogens with two attached hydrogens (primary N) is 2. The molecule has 2 aliphatic heterocycles. The normalized spacial score (nSPS) is 18.6. The maximum atomic E-state index is 14.2. The molecule has 0 unspecified atom stereocenters. The number of carbonyl (C=O) groups is 2. The summed E-state index contributed by atoms with van der Waals surface area (Å²) in [5.41, 5.74) is 7.61. The van der Waals surface area contributed by atoms with Crippen LogP contribution in [0.2, 0.25) is 0 Å². The van der Waals surface area contributed by atoms with E-state index < -0.39 is 17.7 Å². The van der Waals surface area contributed by atoms with Gasteiger partial charge >= 0.3 is 0 Å². The van der Waals surface area contributed by atoms with Gasteiger partial charge in [-0.25, -0.2) is 18.8 Å². The van der Waals surface area contributed by atoms with Crippen LogP contribution in [-0.2, 0) is 9.59 Å². The van der Waals surface area contributed by atoms with Gasteiger partial charge in [-0.15, -0.1) is 5.11 Å². The van der Waals surface area contributed by atoms with Crippen LogP contribution in [0.1, 0.15) is 37.3 Å². The van der Waals surface area contributed by atoms with Crippen LogP contribution in [0.3, 0.4) is 0 Å². The van der Waals surface area contributed by atoms with Crippen molar-refractivity contribution in [1.82, 2.24) is 14.8 Å². The number of likely N-dealkylation sites (tertiary alicyclic amines) is 1. The van der Waals surface area contributed by atoms with Crippen LogP contribution < -0.4 is 11.6 Å². The molecule has 10 nitrogen and oxygen atoms in total. The minimum Gasteiger partial charge on any atom is -0.383 e. The molecule has 1 aromatic heterocycles. The SMILES string of the molecule is CC(=O)N1CCC[C@@H]1C(=O)N1CC=C(c2cnc(N)c(C(N=NN)=Nc3cccc(F)c3F)c2)CC1. The van der Waals surface area contributed by atoms with Crippen molar-refractivity contribution in [3.05, 3.63) is 59.3 Å². The van der Waals surface area contributed by atoms with E-state index in [0.717, 1.165) is 18.1 Å². The number of hydrogen-bond acceptors (Lipinski definition) is 6. The average molecular weight is 497 g/mol. The Labute approximate surface area is 206 Å². The Bertz CT molecular complexity index is 1280. The molecular formula is C24H26F2N8O2. The van der Waals surface area contributed by atoms with E-state index in [1.165, 1.54) is 19.1 Å². The molecule has 1 atom stereocenters. The van der Waals surface area contributed by atoms with Gasteiger partial charge in [-0.3, -0.25) is 9.59 Å². The molecular weight excluding hydrogens is 470 g/mol. The Morgan fingerprint density at radius 2 is 2.03 bits per heavy atom. The van der Waals surface area contributed by atoms with E-state index in [0.29, 0.717) is 38.0 Å². The fraction of sp³-hybridized carbons (Fsp3) is 0.333. The van der Waals surface area contributed by atoms with Gasteiger partial charge in [-0.2, -0.15) is 0 Å². The summed E-state index contributed by atoms with van der Waals surface area (Å²) in [5, 5.41) is 6.98. The van der Waals surface area contributed by atoms with Crippen molar-refractivity contribution in [1.29, 1.82) is 0 Å². The Balaban J connectivity index is 1.58. The quantitative estimate of drug-likeness (QED) is 0.220. The summed E-state index contributed by atoms with van der Waals surface area (Å²) in [7, 11) is 0. The monoisotopic (exact) mass is 496 g/mol. The molecule has 12 heteroatoms. The first kappa shape index (κ1) is 24.9. The molecule has 2 aromatic rings. The Kier molecular flexibility index (Phi) is 7.32. The number of rotatable bonds is 4. The number of nitrogens with zero attached hydrogens (tertiary/aromatic N) is 6. The molecule has 0 spiro atoms. The van der Waals surface area contributed by atoms with E-state index in [2.05, 4.69) is 20.3 Å². The van der Waals surface area contributed by atoms with Gasteiger partial charge in [0.05, 0.1) is 5.56 Å². The highest BCUT2D eigenvalue weighted by atomic mass is 19.2. The second-order valence-corrected chi connectivity index (χ2v) is 8.51. The zero-order valence-corrected chi connectivity index (χ0v) is 19.7. The van der Waals surface area contributed by atoms with E-state index in [4.69, 9.17) is 11.6 Å². The summed E-state index contributed by atoms with van der Waals surface area (Å²) in [6.45, 7) is 2.94. The van der Waals surface area contributed by atoms with E-state index in [1.807, 2.05) is 6.08 Å². The standard InChI is InChI=1S/C24H26F2N8O2/c1-14(35)34-9-3-6-20(34)24(36)33-10-7-15(8-11-33)16-12-17(22(27)29-13-16)23(31-32-28)30-19-5-2-4-18(25)21(19)26/h2,4-5,7,12-13,20H,3,6,8-11H2,1H3,(H2,27,29)(H2,28,30,31)/t20-/m1/s1. The van der Waals surface area contributed by atoms with Crippen LogP contribution in [0.15, 0.2) is 51.9 Å². The summed E-state index contributed by atoms with van der Waals surface area (Å²) in [6, 6.07) is 4.83. The van der Waals surface area contributed by atoms with Crippen LogP contribution >= 0.6 is 0 Å². The molecule has 1 aromatic carbocycles. The summed E-state index contributed by atoms with van der Waals surface area (Å²) >= 11 is 0. The topological polar surface area (TPSA) is 143 Å². The summed E-state index contributed by atoms with van der Waals surface area (Å²) in [4.78, 5) is 36.5. The van der Waals surface area contributed by atoms with Crippen LogP contribution in [0, 0.1) is 11.6 Å². The fourth-order valence-corrected chi connectivity index (χ4v) is 4.46. The third-order valence-electron chi connectivity index (χ3n) is 6.30. The van der Waals surface area contributed by atoms with Crippen molar-refractivity contribution in [2.75, 3.05) is 25.4 Å². The summed E-state index contributed by atoms with van der Waals surface area (Å²) < 4.78 is 27.8. The number of aromatic nitrogens is 1. The predicted octanol–water partition coefficient (Wildman–Crippen LogP) is 2.97. The number of amidine groups is 1. The first-order valence-electron chi connectivity index (χ1n) is 11.4. The number of benzene rings is 1. The maximum Gasteiger partial charge on any atom is 0.245 e. The van der Waals surface area contributed by atoms with E-state index in [1.54, 1.807) is 22.1 Å². The number of amides is 2. The van der Waals surface area contributed by atoms with Crippen molar-refractivity contribution >= 4 is 34.7 Å². The largest absolute Gasteiger partial charge is 0.383 e. The third kappa shape index (κ3) is 5.07. The molecule has 0 aliphatic carbocycles. The summed E-state index contributed by atoms with van der Waals surface area (Å²) in [5.74, 6) is 2.79. The fourth-order valence-electron chi connectivity index (χ4n) is 4.46. The van der Waals surface area contributed by atoms with E-state index in [-0.39, 0.29) is 34.7 Å². The molecule has 188 valence electrons. The lowest BCUT2D eigenvalue weighted by molar-refractivity contribution is -0.142. The molecule has 1 saturated heterocycles. The molecule has 4 N–H and O–H groups in total. The highest BCUT2D eigenvalue weighted by Gasteiger charge is 2.35.